The quantitative estimate of drug-likeness (QED) is 0.454. The molecule has 10 nitrogen and oxygen atoms in total. The Labute approximate surface area is 193 Å². The molecule has 3 heterocycles. The normalized spacial score (nSPS) is 26.5. The summed E-state index contributed by atoms with van der Waals surface area (Å²) in [5.41, 5.74) is 0.278. The first-order valence-corrected chi connectivity index (χ1v) is 13.2. The van der Waals surface area contributed by atoms with Crippen LogP contribution in [0.15, 0.2) is 34.2 Å². The third-order valence-corrected chi connectivity index (χ3v) is 7.84. The minimum atomic E-state index is -3.78. The van der Waals surface area contributed by atoms with Crippen LogP contribution in [0.2, 0.25) is 0 Å². The summed E-state index contributed by atoms with van der Waals surface area (Å²) in [5.74, 6) is -0.885. The highest BCUT2D eigenvalue weighted by Crippen LogP contribution is 2.43. The van der Waals surface area contributed by atoms with Crippen molar-refractivity contribution in [2.45, 2.75) is 49.5 Å². The minimum absolute atomic E-state index is 0.0824. The van der Waals surface area contributed by atoms with Crippen LogP contribution in [-0.4, -0.2) is 65.4 Å². The number of rotatable bonds is 5. The van der Waals surface area contributed by atoms with Gasteiger partial charge in [0, 0.05) is 18.8 Å². The summed E-state index contributed by atoms with van der Waals surface area (Å²) in [7, 11) is -3.78. The Morgan fingerprint density at radius 2 is 1.97 bits per heavy atom. The van der Waals surface area contributed by atoms with Crippen LogP contribution in [0, 0.1) is 5.92 Å². The van der Waals surface area contributed by atoms with E-state index in [2.05, 4.69) is 20.3 Å². The van der Waals surface area contributed by atoms with Gasteiger partial charge in [-0.05, 0) is 32.4 Å². The number of H-pyrrole nitrogens is 1. The molecule has 1 saturated heterocycles. The van der Waals surface area contributed by atoms with Gasteiger partial charge in [-0.1, -0.05) is 12.1 Å². The number of aromatic amines is 1. The predicted molar refractivity (Wildman–Crippen MR) is 123 cm³/mol. The number of aliphatic hydroxyl groups excluding tert-OH is 1. The van der Waals surface area contributed by atoms with Crippen molar-refractivity contribution in [2.75, 3.05) is 18.2 Å². The lowest BCUT2D eigenvalue weighted by Gasteiger charge is -2.24. The molecule has 176 valence electrons. The van der Waals surface area contributed by atoms with Crippen molar-refractivity contribution in [2.24, 2.45) is 5.92 Å². The number of para-hydroxylation sites is 1. The Morgan fingerprint density at radius 1 is 1.24 bits per heavy atom. The van der Waals surface area contributed by atoms with Crippen molar-refractivity contribution >= 4 is 37.2 Å². The number of benzene rings is 1. The second kappa shape index (κ2) is 7.84. The van der Waals surface area contributed by atoms with Crippen LogP contribution < -0.4 is 10.9 Å². The standard InChI is InChI=1S/C21H24N4O6S2/c1-21(2)30-15-10(9-26)8-12(16(15)31-21)22-17-14(18(27)25-20(24-17)33(3,28)29)19-23-11-6-4-5-7-13(11)32-19/h4-7,10,12,15-16,26H,8-9H2,1-3H3,(H2,22,24,25,27)/t10-,12-,15-,16+/m1/s1. The van der Waals surface area contributed by atoms with Crippen LogP contribution in [-0.2, 0) is 19.3 Å². The molecule has 0 radical (unpaired) electrons. The van der Waals surface area contributed by atoms with E-state index in [1.807, 2.05) is 24.3 Å². The first kappa shape index (κ1) is 22.4. The SMILES string of the molecule is CC1(C)O[C@@H]2[C@@H](CO)C[C@@H](Nc3nc(S(C)(=O)=O)[nH]c(=O)c3-c3nc4ccccc4s3)[C@@H]2O1. The molecule has 5 rings (SSSR count). The highest BCUT2D eigenvalue weighted by Gasteiger charge is 2.54. The molecule has 1 saturated carbocycles. The molecule has 0 amide bonds. The van der Waals surface area contributed by atoms with Gasteiger partial charge in [-0.15, -0.1) is 11.3 Å². The molecule has 0 unspecified atom stereocenters. The molecule has 3 N–H and O–H groups in total. The molecule has 1 aliphatic heterocycles. The summed E-state index contributed by atoms with van der Waals surface area (Å²) in [4.78, 5) is 24.3. The molecule has 0 bridgehead atoms. The van der Waals surface area contributed by atoms with Gasteiger partial charge < -0.3 is 19.9 Å². The van der Waals surface area contributed by atoms with E-state index in [0.29, 0.717) is 11.4 Å². The summed E-state index contributed by atoms with van der Waals surface area (Å²) in [5, 5.41) is 13.1. The zero-order valence-electron chi connectivity index (χ0n) is 18.2. The van der Waals surface area contributed by atoms with Gasteiger partial charge in [0.15, 0.2) is 5.79 Å². The Bertz CT molecular complexity index is 1350. The van der Waals surface area contributed by atoms with E-state index in [0.717, 1.165) is 16.5 Å². The second-order valence-corrected chi connectivity index (χ2v) is 11.8. The Balaban J connectivity index is 1.61. The predicted octanol–water partition coefficient (Wildman–Crippen LogP) is 1.76. The highest BCUT2D eigenvalue weighted by atomic mass is 32.2. The first-order valence-electron chi connectivity index (χ1n) is 10.5. The van der Waals surface area contributed by atoms with Crippen LogP contribution >= 0.6 is 11.3 Å². The monoisotopic (exact) mass is 492 g/mol. The summed E-state index contributed by atoms with van der Waals surface area (Å²) in [6.07, 6.45) is 0.757. The molecular formula is C21H24N4O6S2. The third kappa shape index (κ3) is 4.06. The lowest BCUT2D eigenvalue weighted by Crippen LogP contribution is -2.35. The van der Waals surface area contributed by atoms with E-state index in [-0.39, 0.29) is 36.1 Å². The van der Waals surface area contributed by atoms with Gasteiger partial charge in [0.1, 0.15) is 22.5 Å². The number of hydrogen-bond donors (Lipinski definition) is 3. The summed E-state index contributed by atoms with van der Waals surface area (Å²) in [6, 6.07) is 7.12. The lowest BCUT2D eigenvalue weighted by atomic mass is 10.1. The van der Waals surface area contributed by atoms with E-state index < -0.39 is 32.4 Å². The van der Waals surface area contributed by atoms with Crippen molar-refractivity contribution < 1.29 is 23.0 Å². The molecule has 33 heavy (non-hydrogen) atoms. The molecule has 1 aromatic carbocycles. The van der Waals surface area contributed by atoms with Gasteiger partial charge in [0.25, 0.3) is 5.56 Å². The number of aromatic nitrogens is 3. The number of aliphatic hydroxyl groups is 1. The number of sulfone groups is 1. The highest BCUT2D eigenvalue weighted by molar-refractivity contribution is 7.90. The maximum absolute atomic E-state index is 13.1. The average Bonchev–Trinajstić information content (AvgIpc) is 3.38. The first-order chi connectivity index (χ1) is 15.6. The van der Waals surface area contributed by atoms with Gasteiger partial charge in [-0.3, -0.25) is 9.78 Å². The van der Waals surface area contributed by atoms with Crippen molar-refractivity contribution in [3.05, 3.63) is 34.6 Å². The molecule has 4 atom stereocenters. The fourth-order valence-corrected chi connectivity index (χ4v) is 6.04. The Kier molecular flexibility index (Phi) is 5.33. The van der Waals surface area contributed by atoms with Gasteiger partial charge in [0.05, 0.1) is 22.4 Å². The summed E-state index contributed by atoms with van der Waals surface area (Å²) >= 11 is 1.32. The summed E-state index contributed by atoms with van der Waals surface area (Å²) in [6.45, 7) is 3.52. The maximum Gasteiger partial charge on any atom is 0.264 e. The van der Waals surface area contributed by atoms with E-state index in [9.17, 15) is 18.3 Å². The number of anilines is 1. The molecule has 2 aromatic heterocycles. The van der Waals surface area contributed by atoms with Crippen molar-refractivity contribution in [1.29, 1.82) is 0 Å². The molecule has 2 aliphatic rings. The Morgan fingerprint density at radius 3 is 2.67 bits per heavy atom. The van der Waals surface area contributed by atoms with Crippen LogP contribution in [0.4, 0.5) is 5.82 Å². The number of nitrogens with zero attached hydrogens (tertiary/aromatic N) is 2. The molecule has 0 spiro atoms. The zero-order chi connectivity index (χ0) is 23.5. The van der Waals surface area contributed by atoms with Crippen molar-refractivity contribution in [3.8, 4) is 10.6 Å². The van der Waals surface area contributed by atoms with E-state index in [1.54, 1.807) is 13.8 Å². The lowest BCUT2D eigenvalue weighted by molar-refractivity contribution is -0.158. The number of fused-ring (bicyclic) bond motifs is 2. The topological polar surface area (TPSA) is 143 Å². The minimum Gasteiger partial charge on any atom is -0.396 e. The number of hydrogen-bond acceptors (Lipinski definition) is 10. The van der Waals surface area contributed by atoms with Crippen molar-refractivity contribution in [3.63, 3.8) is 0 Å². The zero-order valence-corrected chi connectivity index (χ0v) is 19.9. The van der Waals surface area contributed by atoms with Gasteiger partial charge in [0.2, 0.25) is 15.0 Å². The van der Waals surface area contributed by atoms with Crippen molar-refractivity contribution in [1.82, 2.24) is 15.0 Å². The number of nitrogens with one attached hydrogen (secondary N) is 2. The van der Waals surface area contributed by atoms with Gasteiger partial charge >= 0.3 is 0 Å². The molecule has 12 heteroatoms. The van der Waals surface area contributed by atoms with Crippen LogP contribution in [0.3, 0.4) is 0 Å². The number of thiazole rings is 1. The molecule has 3 aromatic rings. The molecule has 2 fully saturated rings. The van der Waals surface area contributed by atoms with Gasteiger partial charge in [-0.2, -0.15) is 0 Å². The largest absolute Gasteiger partial charge is 0.396 e. The smallest absolute Gasteiger partial charge is 0.264 e. The van der Waals surface area contributed by atoms with Gasteiger partial charge in [-0.25, -0.2) is 18.4 Å². The summed E-state index contributed by atoms with van der Waals surface area (Å²) < 4.78 is 37.3. The maximum atomic E-state index is 13.1. The Hall–Kier alpha value is -2.38. The second-order valence-electron chi connectivity index (χ2n) is 8.85. The van der Waals surface area contributed by atoms with E-state index in [1.165, 1.54) is 11.3 Å². The third-order valence-electron chi connectivity index (χ3n) is 5.89. The molecule has 1 aliphatic carbocycles. The molecular weight excluding hydrogens is 468 g/mol. The van der Waals surface area contributed by atoms with Crippen LogP contribution in [0.25, 0.3) is 20.8 Å². The number of ether oxygens (including phenoxy) is 2. The van der Waals surface area contributed by atoms with Crippen LogP contribution in [0.5, 0.6) is 0 Å². The van der Waals surface area contributed by atoms with E-state index >= 15 is 0 Å². The fourth-order valence-electron chi connectivity index (χ4n) is 4.49. The van der Waals surface area contributed by atoms with Crippen LogP contribution in [0.1, 0.15) is 20.3 Å². The van der Waals surface area contributed by atoms with E-state index in [4.69, 9.17) is 9.47 Å². The fraction of sp³-hybridized carbons (Fsp3) is 0.476. The average molecular weight is 493 g/mol.